The Bertz CT molecular complexity index is 883. The fraction of sp³-hybridized carbons (Fsp3) is 0.263. The van der Waals surface area contributed by atoms with Crippen LogP contribution in [0.5, 0.6) is 0 Å². The summed E-state index contributed by atoms with van der Waals surface area (Å²) in [5.74, 6) is -0.716. The molecule has 0 bridgehead atoms. The van der Waals surface area contributed by atoms with Gasteiger partial charge in [0.05, 0.1) is 5.97 Å². The van der Waals surface area contributed by atoms with E-state index in [1.807, 2.05) is 52.0 Å². The molecule has 0 saturated heterocycles. The van der Waals surface area contributed by atoms with E-state index in [0.717, 1.165) is 11.1 Å². The van der Waals surface area contributed by atoms with Crippen molar-refractivity contribution in [3.8, 4) is 11.5 Å². The van der Waals surface area contributed by atoms with Crippen molar-refractivity contribution < 1.29 is 14.3 Å². The van der Waals surface area contributed by atoms with Gasteiger partial charge in [0.2, 0.25) is 5.89 Å². The zero-order valence-electron chi connectivity index (χ0n) is 13.6. The molecule has 0 radical (unpaired) electrons. The van der Waals surface area contributed by atoms with E-state index in [-0.39, 0.29) is 11.0 Å². The van der Waals surface area contributed by atoms with Crippen LogP contribution >= 0.6 is 0 Å². The number of carboxylic acids is 1. The smallest absolute Gasteiger partial charge is 0.227 e. The van der Waals surface area contributed by atoms with Crippen LogP contribution in [-0.2, 0) is 5.41 Å². The minimum absolute atomic E-state index is 0.161. The SMILES string of the molecule is Cc1ccc(-c2nc3cc(C(=O)[O-])c(C(C)(C)C)cc3o2)cc1. The van der Waals surface area contributed by atoms with E-state index in [1.165, 1.54) is 6.07 Å². The molecule has 4 nitrogen and oxygen atoms in total. The first-order valence-corrected chi connectivity index (χ1v) is 7.49. The molecule has 0 atom stereocenters. The van der Waals surface area contributed by atoms with Gasteiger partial charge in [-0.15, -0.1) is 0 Å². The second-order valence-electron chi connectivity index (χ2n) is 6.79. The Labute approximate surface area is 134 Å². The molecule has 0 aliphatic carbocycles. The highest BCUT2D eigenvalue weighted by atomic mass is 16.4. The molecule has 0 saturated carbocycles. The summed E-state index contributed by atoms with van der Waals surface area (Å²) in [6, 6.07) is 11.1. The number of fused-ring (bicyclic) bond motifs is 1. The number of carboxylic acid groups (broad SMARTS) is 1. The molecule has 0 aliphatic heterocycles. The Morgan fingerprint density at radius 3 is 2.35 bits per heavy atom. The first-order valence-electron chi connectivity index (χ1n) is 7.49. The van der Waals surface area contributed by atoms with Crippen LogP contribution in [0.15, 0.2) is 40.8 Å². The zero-order chi connectivity index (χ0) is 16.8. The van der Waals surface area contributed by atoms with Gasteiger partial charge in [0.15, 0.2) is 5.58 Å². The van der Waals surface area contributed by atoms with Crippen LogP contribution < -0.4 is 5.11 Å². The summed E-state index contributed by atoms with van der Waals surface area (Å²) in [7, 11) is 0. The largest absolute Gasteiger partial charge is 0.545 e. The first-order chi connectivity index (χ1) is 10.8. The lowest BCUT2D eigenvalue weighted by atomic mass is 9.83. The maximum Gasteiger partial charge on any atom is 0.227 e. The molecule has 0 aliphatic rings. The van der Waals surface area contributed by atoms with Crippen LogP contribution in [0.25, 0.3) is 22.6 Å². The van der Waals surface area contributed by atoms with E-state index in [4.69, 9.17) is 4.42 Å². The monoisotopic (exact) mass is 308 g/mol. The molecular formula is C19H18NO3-. The molecule has 0 unspecified atom stereocenters. The van der Waals surface area contributed by atoms with Crippen molar-refractivity contribution in [3.05, 3.63) is 53.1 Å². The van der Waals surface area contributed by atoms with Crippen LogP contribution in [0.4, 0.5) is 0 Å². The summed E-state index contributed by atoms with van der Waals surface area (Å²) in [6.45, 7) is 7.88. The molecule has 23 heavy (non-hydrogen) atoms. The second-order valence-corrected chi connectivity index (χ2v) is 6.79. The lowest BCUT2D eigenvalue weighted by Gasteiger charge is -2.23. The van der Waals surface area contributed by atoms with Crippen LogP contribution in [0.2, 0.25) is 0 Å². The van der Waals surface area contributed by atoms with Crippen LogP contribution in [0.1, 0.15) is 42.3 Å². The maximum atomic E-state index is 11.5. The number of oxazole rings is 1. The highest BCUT2D eigenvalue weighted by Gasteiger charge is 2.21. The average molecular weight is 308 g/mol. The Hall–Kier alpha value is -2.62. The summed E-state index contributed by atoms with van der Waals surface area (Å²) in [5.41, 5.74) is 3.62. The Morgan fingerprint density at radius 2 is 1.78 bits per heavy atom. The van der Waals surface area contributed by atoms with Crippen molar-refractivity contribution >= 4 is 17.1 Å². The van der Waals surface area contributed by atoms with Crippen molar-refractivity contribution in [2.75, 3.05) is 0 Å². The van der Waals surface area contributed by atoms with E-state index in [2.05, 4.69) is 4.98 Å². The number of aryl methyl sites for hydroxylation is 1. The summed E-state index contributed by atoms with van der Waals surface area (Å²) in [6.07, 6.45) is 0. The summed E-state index contributed by atoms with van der Waals surface area (Å²) in [5, 5.41) is 11.5. The van der Waals surface area contributed by atoms with Gasteiger partial charge < -0.3 is 14.3 Å². The van der Waals surface area contributed by atoms with Gasteiger partial charge in [-0.25, -0.2) is 4.98 Å². The number of carbonyl (C=O) groups is 1. The molecule has 2 aromatic carbocycles. The number of rotatable bonds is 2. The van der Waals surface area contributed by atoms with Gasteiger partial charge in [-0.2, -0.15) is 0 Å². The first kappa shape index (κ1) is 15.3. The van der Waals surface area contributed by atoms with Crippen LogP contribution in [0, 0.1) is 6.92 Å². The van der Waals surface area contributed by atoms with Crippen molar-refractivity contribution in [2.24, 2.45) is 0 Å². The highest BCUT2D eigenvalue weighted by molar-refractivity contribution is 5.93. The Morgan fingerprint density at radius 1 is 1.13 bits per heavy atom. The van der Waals surface area contributed by atoms with Gasteiger partial charge in [0.1, 0.15) is 5.52 Å². The van der Waals surface area contributed by atoms with Gasteiger partial charge >= 0.3 is 0 Å². The van der Waals surface area contributed by atoms with Crippen molar-refractivity contribution in [2.45, 2.75) is 33.1 Å². The minimum Gasteiger partial charge on any atom is -0.545 e. The third kappa shape index (κ3) is 2.84. The molecule has 4 heteroatoms. The molecule has 1 aromatic heterocycles. The van der Waals surface area contributed by atoms with E-state index in [1.54, 1.807) is 6.07 Å². The molecule has 0 spiro atoms. The van der Waals surface area contributed by atoms with Gasteiger partial charge in [-0.1, -0.05) is 38.5 Å². The number of benzene rings is 2. The third-order valence-corrected chi connectivity index (χ3v) is 3.85. The maximum absolute atomic E-state index is 11.5. The van der Waals surface area contributed by atoms with Gasteiger partial charge in [0, 0.05) is 11.1 Å². The van der Waals surface area contributed by atoms with Gasteiger partial charge in [-0.05, 0) is 42.2 Å². The Balaban J connectivity index is 2.20. The molecule has 118 valence electrons. The van der Waals surface area contributed by atoms with Gasteiger partial charge in [-0.3, -0.25) is 0 Å². The van der Waals surface area contributed by atoms with E-state index >= 15 is 0 Å². The Kier molecular flexibility index (Phi) is 3.48. The molecule has 1 heterocycles. The van der Waals surface area contributed by atoms with E-state index < -0.39 is 5.97 Å². The predicted molar refractivity (Wildman–Crippen MR) is 87.2 cm³/mol. The van der Waals surface area contributed by atoms with Crippen molar-refractivity contribution in [1.82, 2.24) is 4.98 Å². The standard InChI is InChI=1S/C19H19NO3/c1-11-5-7-12(8-6-11)17-20-15-9-13(18(21)22)14(19(2,3)4)10-16(15)23-17/h5-10H,1-4H3,(H,21,22)/p-1. The third-order valence-electron chi connectivity index (χ3n) is 3.85. The van der Waals surface area contributed by atoms with Crippen LogP contribution in [-0.4, -0.2) is 11.0 Å². The summed E-state index contributed by atoms with van der Waals surface area (Å²) >= 11 is 0. The molecule has 3 rings (SSSR count). The fourth-order valence-electron chi connectivity index (χ4n) is 2.58. The van der Waals surface area contributed by atoms with Crippen molar-refractivity contribution in [3.63, 3.8) is 0 Å². The zero-order valence-corrected chi connectivity index (χ0v) is 13.6. The van der Waals surface area contributed by atoms with Crippen molar-refractivity contribution in [1.29, 1.82) is 0 Å². The quantitative estimate of drug-likeness (QED) is 0.727. The van der Waals surface area contributed by atoms with E-state index in [9.17, 15) is 9.90 Å². The van der Waals surface area contributed by atoms with E-state index in [0.29, 0.717) is 22.6 Å². The normalized spacial score (nSPS) is 11.8. The fourth-order valence-corrected chi connectivity index (χ4v) is 2.58. The number of hydrogen-bond acceptors (Lipinski definition) is 4. The van der Waals surface area contributed by atoms with Crippen LogP contribution in [0.3, 0.4) is 0 Å². The lowest BCUT2D eigenvalue weighted by Crippen LogP contribution is -2.27. The minimum atomic E-state index is -1.20. The molecule has 0 N–H and O–H groups in total. The predicted octanol–water partition coefficient (Wildman–Crippen LogP) is 3.46. The number of carbonyl (C=O) groups excluding carboxylic acids is 1. The highest BCUT2D eigenvalue weighted by Crippen LogP contribution is 2.32. The molecule has 3 aromatic rings. The molecule has 0 fully saturated rings. The number of aromatic nitrogens is 1. The lowest BCUT2D eigenvalue weighted by molar-refractivity contribution is -0.255. The second kappa shape index (κ2) is 5.23. The molecular weight excluding hydrogens is 290 g/mol. The summed E-state index contributed by atoms with van der Waals surface area (Å²) < 4.78 is 5.84. The topological polar surface area (TPSA) is 66.2 Å². The number of nitrogens with zero attached hydrogens (tertiary/aromatic N) is 1. The average Bonchev–Trinajstić information content (AvgIpc) is 2.88. The number of aromatic carboxylic acids is 1. The number of hydrogen-bond donors (Lipinski definition) is 0. The summed E-state index contributed by atoms with van der Waals surface area (Å²) in [4.78, 5) is 15.9. The van der Waals surface area contributed by atoms with Gasteiger partial charge in [0.25, 0.3) is 0 Å². The molecule has 0 amide bonds.